The van der Waals surface area contributed by atoms with Crippen LogP contribution in [0.3, 0.4) is 0 Å². The molecule has 7 nitrogen and oxygen atoms in total. The molecule has 2 N–H and O–H groups in total. The van der Waals surface area contributed by atoms with Crippen LogP contribution in [0, 0.1) is 11.2 Å². The number of hydrogen-bond donors (Lipinski definition) is 2. The Bertz CT molecular complexity index is 1050. The van der Waals surface area contributed by atoms with E-state index in [1.54, 1.807) is 0 Å². The van der Waals surface area contributed by atoms with Gasteiger partial charge in [-0.2, -0.15) is 0 Å². The van der Waals surface area contributed by atoms with E-state index < -0.39 is 5.82 Å². The Hall–Kier alpha value is -2.85. The van der Waals surface area contributed by atoms with Gasteiger partial charge in [0.25, 0.3) is 0 Å². The van der Waals surface area contributed by atoms with Crippen molar-refractivity contribution in [1.82, 2.24) is 13.9 Å². The summed E-state index contributed by atoms with van der Waals surface area (Å²) < 4.78 is 32.9. The highest BCUT2D eigenvalue weighted by Crippen LogP contribution is 2.25. The van der Waals surface area contributed by atoms with Crippen molar-refractivity contribution in [2.45, 2.75) is 6.04 Å². The highest BCUT2D eigenvalue weighted by atomic mass is 32.2. The Morgan fingerprint density at radius 1 is 1.44 bits per heavy atom. The lowest BCUT2D eigenvalue weighted by Gasteiger charge is -2.28. The topological polar surface area (TPSA) is 92.9 Å². The van der Waals surface area contributed by atoms with Crippen LogP contribution in [0.15, 0.2) is 30.6 Å². The number of hydrogen-bond acceptors (Lipinski definition) is 7. The van der Waals surface area contributed by atoms with E-state index in [-0.39, 0.29) is 46.5 Å². The monoisotopic (exact) mass is 389 g/mol. The van der Waals surface area contributed by atoms with Gasteiger partial charge in [-0.15, -0.1) is 3.89 Å². The van der Waals surface area contributed by atoms with Crippen LogP contribution in [0.25, 0.3) is 11.2 Å². The van der Waals surface area contributed by atoms with Crippen LogP contribution < -0.4 is 5.32 Å². The molecule has 0 aliphatic carbocycles. The minimum atomic E-state index is -0.434. The molecule has 27 heavy (non-hydrogen) atoms. The van der Waals surface area contributed by atoms with E-state index >= 15 is 0 Å². The molecule has 3 aromatic rings. The number of benzene rings is 1. The molecule has 1 aliphatic heterocycles. The highest BCUT2D eigenvalue weighted by Gasteiger charge is 2.22. The minimum Gasteiger partial charge on any atom is -0.377 e. The van der Waals surface area contributed by atoms with Gasteiger partial charge >= 0.3 is 0 Å². The van der Waals surface area contributed by atoms with Crippen molar-refractivity contribution in [2.75, 3.05) is 18.5 Å². The van der Waals surface area contributed by atoms with E-state index in [0.29, 0.717) is 30.8 Å². The van der Waals surface area contributed by atoms with Crippen molar-refractivity contribution in [2.24, 2.45) is 0 Å². The normalized spacial score (nSPS) is 14.1. The number of aromatic nitrogens is 3. The van der Waals surface area contributed by atoms with E-state index in [1.807, 2.05) is 0 Å². The lowest BCUT2D eigenvalue weighted by atomic mass is 10.0. The number of carbonyl (C=O) groups is 1. The molecule has 0 radical (unpaired) electrons. The summed E-state index contributed by atoms with van der Waals surface area (Å²) >= 11 is -0.0970. The average Bonchev–Trinajstić information content (AvgIpc) is 3.01. The Morgan fingerprint density at radius 2 is 2.26 bits per heavy atom. The third kappa shape index (κ3) is 3.17. The molecule has 0 atom stereocenters. The number of nitrogens with one attached hydrogen (secondary N) is 2. The van der Waals surface area contributed by atoms with Crippen molar-refractivity contribution in [3.05, 3.63) is 53.2 Å². The Morgan fingerprint density at radius 3 is 2.93 bits per heavy atom. The Balaban J connectivity index is 1.75. The standard InChI is InChI=1S/C17H13F2N5O2S/c18-10-1-2-12(13(3-10)22-11-7-26-8-11)15(20)14-4-21-17-16(23-14)9(6-25)5-24(17)27-19/h1-6,11,20,22H,7-8H2. The fraction of sp³-hybridized carbons (Fsp3) is 0.176. The zero-order valence-corrected chi connectivity index (χ0v) is 14.6. The maximum Gasteiger partial charge on any atom is 0.171 e. The first-order chi connectivity index (χ1) is 13.1. The fourth-order valence-corrected chi connectivity index (χ4v) is 3.13. The number of anilines is 1. The second kappa shape index (κ2) is 7.05. The summed E-state index contributed by atoms with van der Waals surface area (Å²) in [5.41, 5.74) is 1.62. The van der Waals surface area contributed by atoms with Gasteiger partial charge in [0.05, 0.1) is 36.7 Å². The summed E-state index contributed by atoms with van der Waals surface area (Å²) in [7, 11) is 0. The summed E-state index contributed by atoms with van der Waals surface area (Å²) in [6.45, 7) is 1.01. The second-order valence-electron chi connectivity index (χ2n) is 5.97. The zero-order valence-electron chi connectivity index (χ0n) is 13.8. The van der Waals surface area contributed by atoms with Crippen LogP contribution in [-0.2, 0) is 4.74 Å². The van der Waals surface area contributed by atoms with Gasteiger partial charge in [-0.1, -0.05) is 0 Å². The van der Waals surface area contributed by atoms with E-state index in [9.17, 15) is 13.1 Å². The molecule has 2 aromatic heterocycles. The summed E-state index contributed by atoms with van der Waals surface area (Å²) in [4.78, 5) is 19.7. The fourth-order valence-electron chi connectivity index (χ4n) is 2.78. The van der Waals surface area contributed by atoms with Gasteiger partial charge in [-0.25, -0.2) is 18.3 Å². The molecule has 1 fully saturated rings. The van der Waals surface area contributed by atoms with E-state index in [4.69, 9.17) is 10.1 Å². The van der Waals surface area contributed by atoms with E-state index in [0.717, 1.165) is 3.97 Å². The summed E-state index contributed by atoms with van der Waals surface area (Å²) in [6.07, 6.45) is 3.17. The highest BCUT2D eigenvalue weighted by molar-refractivity contribution is 7.92. The first-order valence-electron chi connectivity index (χ1n) is 7.96. The molecule has 10 heteroatoms. The van der Waals surface area contributed by atoms with Crippen molar-refractivity contribution < 1.29 is 17.8 Å². The number of carbonyl (C=O) groups excluding carboxylic acids is 1. The summed E-state index contributed by atoms with van der Waals surface area (Å²) in [5, 5.41) is 11.6. The SMILES string of the molecule is N=C(c1cnc2c(n1)c(C=O)cn2SF)c1ccc(F)cc1NC1COC1. The molecule has 1 aromatic carbocycles. The van der Waals surface area contributed by atoms with Gasteiger partial charge in [0, 0.05) is 17.4 Å². The minimum absolute atomic E-state index is 0.00430. The average molecular weight is 389 g/mol. The molecule has 0 unspecified atom stereocenters. The third-order valence-corrected chi connectivity index (χ3v) is 4.62. The van der Waals surface area contributed by atoms with Crippen LogP contribution in [0.4, 0.5) is 14.0 Å². The Labute approximate surface area is 156 Å². The molecule has 0 bridgehead atoms. The number of fused-ring (bicyclic) bond motifs is 1. The molecule has 1 aliphatic rings. The number of ether oxygens (including phenoxy) is 1. The predicted molar refractivity (Wildman–Crippen MR) is 97.6 cm³/mol. The second-order valence-corrected chi connectivity index (χ2v) is 6.50. The smallest absolute Gasteiger partial charge is 0.171 e. The summed E-state index contributed by atoms with van der Waals surface area (Å²) in [6, 6.07) is 4.09. The molecule has 0 spiro atoms. The zero-order chi connectivity index (χ0) is 19.0. The lowest BCUT2D eigenvalue weighted by Crippen LogP contribution is -2.40. The number of rotatable bonds is 6. The van der Waals surface area contributed by atoms with Gasteiger partial charge in [0.15, 0.2) is 24.3 Å². The van der Waals surface area contributed by atoms with Gasteiger partial charge in [-0.3, -0.25) is 10.2 Å². The maximum absolute atomic E-state index is 13.7. The Kier molecular flexibility index (Phi) is 4.58. The van der Waals surface area contributed by atoms with Crippen LogP contribution >= 0.6 is 12.3 Å². The number of halogens is 2. The molecular formula is C17H13F2N5O2S. The molecule has 0 amide bonds. The van der Waals surface area contributed by atoms with Crippen molar-refractivity contribution in [1.29, 1.82) is 5.41 Å². The first-order valence-corrected chi connectivity index (χ1v) is 8.63. The van der Waals surface area contributed by atoms with Gasteiger partial charge < -0.3 is 10.1 Å². The molecular weight excluding hydrogens is 376 g/mol. The van der Waals surface area contributed by atoms with Crippen LogP contribution in [-0.4, -0.2) is 45.2 Å². The van der Waals surface area contributed by atoms with Crippen molar-refractivity contribution in [3.8, 4) is 0 Å². The van der Waals surface area contributed by atoms with Gasteiger partial charge in [0.1, 0.15) is 17.0 Å². The van der Waals surface area contributed by atoms with Crippen LogP contribution in [0.5, 0.6) is 0 Å². The lowest BCUT2D eigenvalue weighted by molar-refractivity contribution is 0.0211. The molecule has 0 saturated carbocycles. The van der Waals surface area contributed by atoms with E-state index in [2.05, 4.69) is 15.3 Å². The maximum atomic E-state index is 13.7. The van der Waals surface area contributed by atoms with Crippen LogP contribution in [0.1, 0.15) is 21.6 Å². The molecule has 3 heterocycles. The van der Waals surface area contributed by atoms with Gasteiger partial charge in [-0.05, 0) is 18.2 Å². The number of nitrogens with zero attached hydrogens (tertiary/aromatic N) is 3. The molecule has 4 rings (SSSR count). The van der Waals surface area contributed by atoms with Crippen LogP contribution in [0.2, 0.25) is 0 Å². The predicted octanol–water partition coefficient (Wildman–Crippen LogP) is 2.99. The van der Waals surface area contributed by atoms with Crippen molar-refractivity contribution >= 4 is 41.2 Å². The molecule has 1 saturated heterocycles. The van der Waals surface area contributed by atoms with Crippen molar-refractivity contribution in [3.63, 3.8) is 0 Å². The van der Waals surface area contributed by atoms with Gasteiger partial charge in [0.2, 0.25) is 0 Å². The summed E-state index contributed by atoms with van der Waals surface area (Å²) in [5.74, 6) is -0.434. The quantitative estimate of drug-likeness (QED) is 0.497. The largest absolute Gasteiger partial charge is 0.377 e. The number of aldehydes is 1. The van der Waals surface area contributed by atoms with E-state index in [1.165, 1.54) is 30.6 Å². The molecule has 138 valence electrons. The first kappa shape index (κ1) is 17.6. The third-order valence-electron chi connectivity index (χ3n) is 4.20.